The van der Waals surface area contributed by atoms with E-state index >= 15 is 0 Å². The molecular formula is C18H16F2N2O2. The van der Waals surface area contributed by atoms with Gasteiger partial charge in [-0.2, -0.15) is 0 Å². The Bertz CT molecular complexity index is 792. The van der Waals surface area contributed by atoms with Gasteiger partial charge >= 0.3 is 0 Å². The standard InChI is InChI=1S/C18H16F2N2O2/c19-12-5-6-13-14(10-17(23)22-16(13)9-12)18(24)21-8-7-11-3-1-2-4-15(11)20/h1-6,9,14H,7-8,10H2,(H,21,24)(H,22,23)/t14-/m1/s1. The van der Waals surface area contributed by atoms with Gasteiger partial charge in [0.1, 0.15) is 11.6 Å². The topological polar surface area (TPSA) is 58.2 Å². The molecule has 124 valence electrons. The van der Waals surface area contributed by atoms with Gasteiger partial charge in [-0.1, -0.05) is 24.3 Å². The monoisotopic (exact) mass is 330 g/mol. The molecule has 0 saturated heterocycles. The third-order valence-electron chi connectivity index (χ3n) is 4.02. The maximum absolute atomic E-state index is 13.6. The number of carbonyl (C=O) groups is 2. The lowest BCUT2D eigenvalue weighted by molar-refractivity contribution is -0.126. The highest BCUT2D eigenvalue weighted by atomic mass is 19.1. The second-order valence-electron chi connectivity index (χ2n) is 5.67. The van der Waals surface area contributed by atoms with E-state index in [-0.39, 0.29) is 30.6 Å². The zero-order valence-electron chi connectivity index (χ0n) is 12.8. The zero-order valence-corrected chi connectivity index (χ0v) is 12.8. The fraction of sp³-hybridized carbons (Fsp3) is 0.222. The first-order valence-corrected chi connectivity index (χ1v) is 7.65. The summed E-state index contributed by atoms with van der Waals surface area (Å²) < 4.78 is 26.8. The van der Waals surface area contributed by atoms with Crippen LogP contribution in [0.5, 0.6) is 0 Å². The van der Waals surface area contributed by atoms with Gasteiger partial charge in [0.25, 0.3) is 0 Å². The van der Waals surface area contributed by atoms with Gasteiger partial charge in [-0.15, -0.1) is 0 Å². The number of hydrogen-bond donors (Lipinski definition) is 2. The molecule has 3 rings (SSSR count). The van der Waals surface area contributed by atoms with Crippen molar-refractivity contribution in [3.63, 3.8) is 0 Å². The molecule has 4 nitrogen and oxygen atoms in total. The van der Waals surface area contributed by atoms with Gasteiger partial charge in [0, 0.05) is 18.7 Å². The number of amides is 2. The van der Waals surface area contributed by atoms with Gasteiger partial charge in [0.05, 0.1) is 5.92 Å². The van der Waals surface area contributed by atoms with Crippen LogP contribution >= 0.6 is 0 Å². The molecule has 0 aromatic heterocycles. The number of rotatable bonds is 4. The highest BCUT2D eigenvalue weighted by Gasteiger charge is 2.30. The Kier molecular flexibility index (Phi) is 4.55. The minimum atomic E-state index is -0.671. The molecule has 2 aromatic carbocycles. The van der Waals surface area contributed by atoms with Gasteiger partial charge in [-0.3, -0.25) is 9.59 Å². The van der Waals surface area contributed by atoms with Crippen molar-refractivity contribution < 1.29 is 18.4 Å². The number of anilines is 1. The van der Waals surface area contributed by atoms with Gasteiger partial charge in [0.15, 0.2) is 0 Å². The molecule has 0 bridgehead atoms. The van der Waals surface area contributed by atoms with Crippen LogP contribution in [-0.2, 0) is 16.0 Å². The summed E-state index contributed by atoms with van der Waals surface area (Å²) in [6.45, 7) is 0.258. The Morgan fingerprint density at radius 2 is 2.00 bits per heavy atom. The molecule has 0 radical (unpaired) electrons. The number of nitrogens with one attached hydrogen (secondary N) is 2. The first kappa shape index (κ1) is 16.1. The predicted molar refractivity (Wildman–Crippen MR) is 85.5 cm³/mol. The summed E-state index contributed by atoms with van der Waals surface area (Å²) in [6.07, 6.45) is 0.359. The quantitative estimate of drug-likeness (QED) is 0.906. The summed E-state index contributed by atoms with van der Waals surface area (Å²) in [6, 6.07) is 10.3. The van der Waals surface area contributed by atoms with Crippen LogP contribution in [0.4, 0.5) is 14.5 Å². The highest BCUT2D eigenvalue weighted by Crippen LogP contribution is 2.32. The van der Waals surface area contributed by atoms with E-state index in [1.54, 1.807) is 18.2 Å². The molecule has 2 aromatic rings. The second-order valence-corrected chi connectivity index (χ2v) is 5.67. The van der Waals surface area contributed by atoms with Crippen molar-refractivity contribution in [2.75, 3.05) is 11.9 Å². The second kappa shape index (κ2) is 6.78. The average Bonchev–Trinajstić information content (AvgIpc) is 2.55. The molecule has 0 saturated carbocycles. The molecule has 0 aliphatic carbocycles. The smallest absolute Gasteiger partial charge is 0.228 e. The van der Waals surface area contributed by atoms with Gasteiger partial charge in [0.2, 0.25) is 11.8 Å². The minimum Gasteiger partial charge on any atom is -0.355 e. The molecule has 1 aliphatic heterocycles. The first-order chi connectivity index (χ1) is 11.5. The third-order valence-corrected chi connectivity index (χ3v) is 4.02. The molecule has 0 spiro atoms. The molecule has 0 fully saturated rings. The fourth-order valence-corrected chi connectivity index (χ4v) is 2.82. The number of hydrogen-bond acceptors (Lipinski definition) is 2. The summed E-state index contributed by atoms with van der Waals surface area (Å²) >= 11 is 0. The largest absolute Gasteiger partial charge is 0.355 e. The van der Waals surface area contributed by atoms with E-state index in [1.165, 1.54) is 24.3 Å². The maximum atomic E-state index is 13.6. The van der Waals surface area contributed by atoms with Crippen molar-refractivity contribution in [2.24, 2.45) is 0 Å². The van der Waals surface area contributed by atoms with Crippen LogP contribution in [0.3, 0.4) is 0 Å². The van der Waals surface area contributed by atoms with E-state index < -0.39 is 11.7 Å². The van der Waals surface area contributed by atoms with E-state index in [9.17, 15) is 18.4 Å². The maximum Gasteiger partial charge on any atom is 0.228 e. The van der Waals surface area contributed by atoms with Gasteiger partial charge < -0.3 is 10.6 Å². The van der Waals surface area contributed by atoms with Crippen molar-refractivity contribution in [1.29, 1.82) is 0 Å². The molecule has 24 heavy (non-hydrogen) atoms. The molecule has 2 amide bonds. The normalized spacial score (nSPS) is 16.2. The van der Waals surface area contributed by atoms with Gasteiger partial charge in [-0.25, -0.2) is 8.78 Å². The van der Waals surface area contributed by atoms with Crippen LogP contribution in [0.1, 0.15) is 23.5 Å². The van der Waals surface area contributed by atoms with Crippen LogP contribution in [0.25, 0.3) is 0 Å². The van der Waals surface area contributed by atoms with Crippen LogP contribution in [-0.4, -0.2) is 18.4 Å². The SMILES string of the molecule is O=C1C[C@@H](C(=O)NCCc2ccccc2F)c2ccc(F)cc2N1. The molecule has 0 unspecified atom stereocenters. The Morgan fingerprint density at radius 1 is 1.21 bits per heavy atom. The summed E-state index contributed by atoms with van der Waals surface area (Å²) in [7, 11) is 0. The lowest BCUT2D eigenvalue weighted by atomic mass is 9.89. The summed E-state index contributed by atoms with van der Waals surface area (Å²) in [5.74, 6) is -2.12. The Morgan fingerprint density at radius 3 is 2.79 bits per heavy atom. The molecular weight excluding hydrogens is 314 g/mol. The first-order valence-electron chi connectivity index (χ1n) is 7.65. The molecule has 1 atom stereocenters. The fourth-order valence-electron chi connectivity index (χ4n) is 2.82. The van der Waals surface area contributed by atoms with Crippen molar-refractivity contribution in [2.45, 2.75) is 18.8 Å². The van der Waals surface area contributed by atoms with E-state index in [4.69, 9.17) is 0 Å². The summed E-state index contributed by atoms with van der Waals surface area (Å²) in [5.41, 5.74) is 1.42. The lowest BCUT2D eigenvalue weighted by Gasteiger charge is -2.24. The molecule has 1 heterocycles. The summed E-state index contributed by atoms with van der Waals surface area (Å²) in [4.78, 5) is 24.1. The van der Waals surface area contributed by atoms with Gasteiger partial charge in [-0.05, 0) is 35.7 Å². The van der Waals surface area contributed by atoms with Crippen LogP contribution in [0, 0.1) is 11.6 Å². The number of halogens is 2. The van der Waals surface area contributed by atoms with Crippen LogP contribution < -0.4 is 10.6 Å². The number of carbonyl (C=O) groups excluding carboxylic acids is 2. The minimum absolute atomic E-state index is 0.00413. The van der Waals surface area contributed by atoms with E-state index in [0.717, 1.165) is 0 Å². The number of benzene rings is 2. The molecule has 2 N–H and O–H groups in total. The van der Waals surface area contributed by atoms with E-state index in [1.807, 2.05) is 0 Å². The van der Waals surface area contributed by atoms with E-state index in [2.05, 4.69) is 10.6 Å². The zero-order chi connectivity index (χ0) is 17.1. The van der Waals surface area contributed by atoms with Crippen LogP contribution in [0.15, 0.2) is 42.5 Å². The molecule has 6 heteroatoms. The van der Waals surface area contributed by atoms with Crippen molar-refractivity contribution in [1.82, 2.24) is 5.32 Å². The lowest BCUT2D eigenvalue weighted by Crippen LogP contribution is -2.36. The Labute approximate surface area is 137 Å². The Balaban J connectivity index is 1.67. The highest BCUT2D eigenvalue weighted by molar-refractivity contribution is 6.01. The van der Waals surface area contributed by atoms with Crippen molar-refractivity contribution >= 4 is 17.5 Å². The molecule has 1 aliphatic rings. The van der Waals surface area contributed by atoms with Crippen molar-refractivity contribution in [3.8, 4) is 0 Å². The number of fused-ring (bicyclic) bond motifs is 1. The van der Waals surface area contributed by atoms with E-state index in [0.29, 0.717) is 23.2 Å². The summed E-state index contributed by atoms with van der Waals surface area (Å²) in [5, 5.41) is 5.29. The Hall–Kier alpha value is -2.76. The average molecular weight is 330 g/mol. The predicted octanol–water partition coefficient (Wildman–Crippen LogP) is 2.75. The van der Waals surface area contributed by atoms with Crippen LogP contribution in [0.2, 0.25) is 0 Å². The third kappa shape index (κ3) is 3.42. The van der Waals surface area contributed by atoms with Crippen molar-refractivity contribution in [3.05, 3.63) is 65.2 Å².